The molecule has 0 saturated heterocycles. The van der Waals surface area contributed by atoms with Gasteiger partial charge in [0, 0.05) is 30.4 Å². The zero-order chi connectivity index (χ0) is 19.8. The molecule has 0 spiro atoms. The summed E-state index contributed by atoms with van der Waals surface area (Å²) in [6.45, 7) is 9.13. The van der Waals surface area contributed by atoms with E-state index in [0.29, 0.717) is 13.1 Å². The molecule has 0 bridgehead atoms. The molecule has 0 unspecified atom stereocenters. The van der Waals surface area contributed by atoms with E-state index in [4.69, 9.17) is 4.99 Å². The molecule has 0 radical (unpaired) electrons. The summed E-state index contributed by atoms with van der Waals surface area (Å²) >= 11 is 1.72. The molecular weight excluding hydrogens is 495 g/mol. The molecule has 6 nitrogen and oxygen atoms in total. The van der Waals surface area contributed by atoms with Crippen molar-refractivity contribution in [2.24, 2.45) is 4.99 Å². The highest BCUT2D eigenvalue weighted by Gasteiger charge is 2.06. The van der Waals surface area contributed by atoms with Gasteiger partial charge >= 0.3 is 0 Å². The number of hydrogen-bond donors (Lipinski definition) is 2. The van der Waals surface area contributed by atoms with Crippen LogP contribution < -0.4 is 10.6 Å². The first-order valence-electron chi connectivity index (χ1n) is 9.64. The molecule has 0 aliphatic rings. The lowest BCUT2D eigenvalue weighted by molar-refractivity contribution is 0.650. The van der Waals surface area contributed by atoms with Gasteiger partial charge in [-0.15, -0.1) is 35.3 Å². The van der Waals surface area contributed by atoms with Crippen LogP contribution in [-0.4, -0.2) is 27.0 Å². The Morgan fingerprint density at radius 2 is 1.97 bits per heavy atom. The van der Waals surface area contributed by atoms with Crippen LogP contribution in [0.4, 0.5) is 0 Å². The third-order valence-electron chi connectivity index (χ3n) is 4.49. The minimum Gasteiger partial charge on any atom is -0.357 e. The topological polar surface area (TPSA) is 67.1 Å². The van der Waals surface area contributed by atoms with Gasteiger partial charge in [-0.25, -0.2) is 15.0 Å². The van der Waals surface area contributed by atoms with Gasteiger partial charge in [0.05, 0.1) is 12.2 Å². The van der Waals surface area contributed by atoms with E-state index < -0.39 is 0 Å². The van der Waals surface area contributed by atoms with Crippen molar-refractivity contribution in [3.8, 4) is 0 Å². The SMILES string of the molecule is CCNC(=NCc1nccn1CCc1ccccc1)NCc1nc(C)c(C)s1.I. The number of hydrogen-bond acceptors (Lipinski definition) is 4. The summed E-state index contributed by atoms with van der Waals surface area (Å²) in [6, 6.07) is 10.5. The van der Waals surface area contributed by atoms with Gasteiger partial charge in [0.1, 0.15) is 17.4 Å². The van der Waals surface area contributed by atoms with Crippen molar-refractivity contribution in [1.29, 1.82) is 0 Å². The number of rotatable bonds is 8. The Kier molecular flexibility index (Phi) is 9.59. The first kappa shape index (κ1) is 23.3. The van der Waals surface area contributed by atoms with Crippen molar-refractivity contribution in [3.05, 3.63) is 69.7 Å². The maximum Gasteiger partial charge on any atom is 0.192 e. The zero-order valence-corrected chi connectivity index (χ0v) is 20.3. The summed E-state index contributed by atoms with van der Waals surface area (Å²) in [4.78, 5) is 15.0. The third-order valence-corrected chi connectivity index (χ3v) is 5.56. The number of nitrogens with zero attached hydrogens (tertiary/aromatic N) is 4. The molecule has 0 atom stereocenters. The lowest BCUT2D eigenvalue weighted by Gasteiger charge is -2.11. The lowest BCUT2D eigenvalue weighted by atomic mass is 10.1. The molecule has 2 heterocycles. The van der Waals surface area contributed by atoms with Crippen LogP contribution in [0.15, 0.2) is 47.7 Å². The summed E-state index contributed by atoms with van der Waals surface area (Å²) in [5, 5.41) is 7.73. The standard InChI is InChI=1S/C21H28N6S.HI/c1-4-22-21(25-15-20-26-16(2)17(3)28-20)24-14-19-23-11-13-27(19)12-10-18-8-6-5-7-9-18;/h5-9,11,13H,4,10,12,14-15H2,1-3H3,(H2,22,24,25);1H. The average Bonchev–Trinajstić information content (AvgIpc) is 3.29. The molecule has 0 aliphatic carbocycles. The minimum absolute atomic E-state index is 0. The van der Waals surface area contributed by atoms with E-state index in [1.165, 1.54) is 10.4 Å². The number of benzene rings is 1. The van der Waals surface area contributed by atoms with Crippen molar-refractivity contribution in [2.75, 3.05) is 6.54 Å². The van der Waals surface area contributed by atoms with Gasteiger partial charge in [0.25, 0.3) is 0 Å². The molecule has 2 N–H and O–H groups in total. The molecule has 0 amide bonds. The first-order valence-corrected chi connectivity index (χ1v) is 10.5. The average molecular weight is 524 g/mol. The van der Waals surface area contributed by atoms with E-state index in [1.54, 1.807) is 11.3 Å². The smallest absolute Gasteiger partial charge is 0.192 e. The third kappa shape index (κ3) is 7.11. The Labute approximate surface area is 193 Å². The van der Waals surface area contributed by atoms with Crippen LogP contribution in [0.25, 0.3) is 0 Å². The van der Waals surface area contributed by atoms with Crippen LogP contribution >= 0.6 is 35.3 Å². The number of imidazole rings is 1. The van der Waals surface area contributed by atoms with Gasteiger partial charge in [-0.05, 0) is 32.8 Å². The van der Waals surface area contributed by atoms with Gasteiger partial charge in [-0.3, -0.25) is 0 Å². The fraction of sp³-hybridized carbons (Fsp3) is 0.381. The van der Waals surface area contributed by atoms with Crippen LogP contribution in [0.3, 0.4) is 0 Å². The number of guanidine groups is 1. The van der Waals surface area contributed by atoms with E-state index >= 15 is 0 Å². The predicted molar refractivity (Wildman–Crippen MR) is 131 cm³/mol. The van der Waals surface area contributed by atoms with Gasteiger partial charge in [0.15, 0.2) is 5.96 Å². The van der Waals surface area contributed by atoms with Gasteiger partial charge in [-0.2, -0.15) is 0 Å². The van der Waals surface area contributed by atoms with E-state index in [9.17, 15) is 0 Å². The summed E-state index contributed by atoms with van der Waals surface area (Å²) in [5.74, 6) is 1.75. The van der Waals surface area contributed by atoms with Crippen molar-refractivity contribution in [3.63, 3.8) is 0 Å². The minimum atomic E-state index is 0. The second-order valence-electron chi connectivity index (χ2n) is 6.57. The molecule has 1 aromatic carbocycles. The fourth-order valence-electron chi connectivity index (χ4n) is 2.86. The van der Waals surface area contributed by atoms with Crippen molar-refractivity contribution >= 4 is 41.3 Å². The normalized spacial score (nSPS) is 11.2. The van der Waals surface area contributed by atoms with Crippen molar-refractivity contribution in [1.82, 2.24) is 25.2 Å². The van der Waals surface area contributed by atoms with Crippen LogP contribution in [0.1, 0.15) is 33.9 Å². The zero-order valence-electron chi connectivity index (χ0n) is 17.2. The quantitative estimate of drug-likeness (QED) is 0.265. The Morgan fingerprint density at radius 3 is 2.66 bits per heavy atom. The molecule has 0 fully saturated rings. The Morgan fingerprint density at radius 1 is 1.17 bits per heavy atom. The molecular formula is C21H29IN6S. The molecule has 0 aliphatic heterocycles. The summed E-state index contributed by atoms with van der Waals surface area (Å²) in [6.07, 6.45) is 4.85. The highest BCUT2D eigenvalue weighted by molar-refractivity contribution is 14.0. The van der Waals surface area contributed by atoms with E-state index in [1.807, 2.05) is 25.4 Å². The van der Waals surface area contributed by atoms with E-state index in [2.05, 4.69) is 63.3 Å². The van der Waals surface area contributed by atoms with Gasteiger partial charge in [0.2, 0.25) is 0 Å². The van der Waals surface area contributed by atoms with Gasteiger partial charge in [-0.1, -0.05) is 30.3 Å². The number of halogens is 1. The lowest BCUT2D eigenvalue weighted by Crippen LogP contribution is -2.36. The predicted octanol–water partition coefficient (Wildman–Crippen LogP) is 4.07. The van der Waals surface area contributed by atoms with Crippen LogP contribution in [0.2, 0.25) is 0 Å². The number of aryl methyl sites for hydroxylation is 4. The number of thiazole rings is 1. The second kappa shape index (κ2) is 11.9. The number of nitrogens with one attached hydrogen (secondary N) is 2. The van der Waals surface area contributed by atoms with Crippen LogP contribution in [0.5, 0.6) is 0 Å². The fourth-order valence-corrected chi connectivity index (χ4v) is 3.73. The maximum atomic E-state index is 4.70. The molecule has 3 rings (SSSR count). The summed E-state index contributed by atoms with van der Waals surface area (Å²) < 4.78 is 2.17. The monoisotopic (exact) mass is 524 g/mol. The summed E-state index contributed by atoms with van der Waals surface area (Å²) in [7, 11) is 0. The molecule has 0 saturated carbocycles. The molecule has 8 heteroatoms. The molecule has 3 aromatic rings. The number of aromatic nitrogens is 3. The summed E-state index contributed by atoms with van der Waals surface area (Å²) in [5.41, 5.74) is 2.43. The highest BCUT2D eigenvalue weighted by Crippen LogP contribution is 2.15. The molecule has 29 heavy (non-hydrogen) atoms. The Balaban J connectivity index is 0.00000300. The molecule has 156 valence electrons. The molecule has 2 aromatic heterocycles. The van der Waals surface area contributed by atoms with Crippen LogP contribution in [-0.2, 0) is 26.1 Å². The largest absolute Gasteiger partial charge is 0.357 e. The van der Waals surface area contributed by atoms with E-state index in [-0.39, 0.29) is 24.0 Å². The second-order valence-corrected chi connectivity index (χ2v) is 7.86. The van der Waals surface area contributed by atoms with Crippen molar-refractivity contribution < 1.29 is 0 Å². The van der Waals surface area contributed by atoms with Crippen LogP contribution in [0, 0.1) is 13.8 Å². The Hall–Kier alpha value is -1.94. The maximum absolute atomic E-state index is 4.70. The van der Waals surface area contributed by atoms with E-state index in [0.717, 1.165) is 42.0 Å². The first-order chi connectivity index (χ1) is 13.7. The van der Waals surface area contributed by atoms with Crippen molar-refractivity contribution in [2.45, 2.75) is 46.8 Å². The highest BCUT2D eigenvalue weighted by atomic mass is 127. The van der Waals surface area contributed by atoms with Gasteiger partial charge < -0.3 is 15.2 Å². The number of aliphatic imine (C=N–C) groups is 1. The Bertz CT molecular complexity index is 884.